The van der Waals surface area contributed by atoms with Crippen molar-refractivity contribution in [1.82, 2.24) is 10.2 Å². The lowest BCUT2D eigenvalue weighted by Gasteiger charge is -2.32. The van der Waals surface area contributed by atoms with Gasteiger partial charge in [-0.25, -0.2) is 0 Å². The Bertz CT molecular complexity index is 500. The van der Waals surface area contributed by atoms with Gasteiger partial charge in [0.25, 0.3) is 5.91 Å². The fourth-order valence-corrected chi connectivity index (χ4v) is 2.93. The molecule has 1 amide bonds. The van der Waals surface area contributed by atoms with Crippen LogP contribution in [-0.2, 0) is 4.79 Å². The maximum absolute atomic E-state index is 12.3. The molecular weight excluding hydrogens is 312 g/mol. The van der Waals surface area contributed by atoms with E-state index < -0.39 is 0 Å². The Kier molecular flexibility index (Phi) is 8.42. The van der Waals surface area contributed by atoms with Crippen molar-refractivity contribution in [1.29, 1.82) is 0 Å². The van der Waals surface area contributed by atoms with Gasteiger partial charge in [0.05, 0.1) is 0 Å². The Labute approximate surface area is 146 Å². The van der Waals surface area contributed by atoms with Crippen molar-refractivity contribution >= 4 is 18.3 Å². The average molecular weight is 341 g/mol. The molecule has 5 heteroatoms. The number of piperidine rings is 1. The van der Waals surface area contributed by atoms with Gasteiger partial charge in [0.2, 0.25) is 0 Å². The number of carbonyl (C=O) groups is 1. The van der Waals surface area contributed by atoms with Crippen LogP contribution >= 0.6 is 12.4 Å². The third kappa shape index (κ3) is 6.04. The van der Waals surface area contributed by atoms with Crippen LogP contribution < -0.4 is 10.1 Å². The molecule has 0 aliphatic carbocycles. The molecule has 1 aromatic carbocycles. The number of ether oxygens (including phenoxy) is 1. The van der Waals surface area contributed by atoms with Crippen molar-refractivity contribution in [3.05, 3.63) is 29.3 Å². The predicted molar refractivity (Wildman–Crippen MR) is 96.5 cm³/mol. The van der Waals surface area contributed by atoms with E-state index in [4.69, 9.17) is 4.74 Å². The van der Waals surface area contributed by atoms with Crippen LogP contribution in [0.4, 0.5) is 0 Å². The minimum Gasteiger partial charge on any atom is -0.484 e. The molecular formula is C18H29ClN2O2. The number of halogens is 1. The van der Waals surface area contributed by atoms with Gasteiger partial charge in [0, 0.05) is 13.1 Å². The molecule has 1 saturated heterocycles. The monoisotopic (exact) mass is 340 g/mol. The van der Waals surface area contributed by atoms with Gasteiger partial charge < -0.3 is 15.0 Å². The van der Waals surface area contributed by atoms with Crippen LogP contribution in [0.25, 0.3) is 0 Å². The molecule has 0 spiro atoms. The van der Waals surface area contributed by atoms with Gasteiger partial charge in [-0.3, -0.25) is 4.79 Å². The number of nitrogens with zero attached hydrogens (tertiary/aromatic N) is 1. The zero-order valence-electron chi connectivity index (χ0n) is 14.4. The molecule has 1 heterocycles. The second-order valence-corrected chi connectivity index (χ2v) is 6.19. The third-order valence-electron chi connectivity index (χ3n) is 4.33. The van der Waals surface area contributed by atoms with E-state index in [0.29, 0.717) is 5.92 Å². The predicted octanol–water partition coefficient (Wildman–Crippen LogP) is 2.95. The number of carbonyl (C=O) groups excluding carboxylic acids is 1. The molecule has 0 atom stereocenters. The highest BCUT2D eigenvalue weighted by Crippen LogP contribution is 2.20. The summed E-state index contributed by atoms with van der Waals surface area (Å²) >= 11 is 0. The van der Waals surface area contributed by atoms with E-state index >= 15 is 0 Å². The molecule has 4 nitrogen and oxygen atoms in total. The van der Waals surface area contributed by atoms with Gasteiger partial charge >= 0.3 is 0 Å². The lowest BCUT2D eigenvalue weighted by atomic mass is 9.97. The Hall–Kier alpha value is -1.26. The van der Waals surface area contributed by atoms with Gasteiger partial charge in [-0.1, -0.05) is 24.6 Å². The summed E-state index contributed by atoms with van der Waals surface area (Å²) < 4.78 is 5.69. The van der Waals surface area contributed by atoms with Gasteiger partial charge in [0.1, 0.15) is 5.75 Å². The van der Waals surface area contributed by atoms with Crippen LogP contribution in [0.1, 0.15) is 30.9 Å². The maximum Gasteiger partial charge on any atom is 0.260 e. The average Bonchev–Trinajstić information content (AvgIpc) is 2.52. The van der Waals surface area contributed by atoms with E-state index in [1.165, 1.54) is 5.56 Å². The highest BCUT2D eigenvalue weighted by atomic mass is 35.5. The van der Waals surface area contributed by atoms with Crippen molar-refractivity contribution in [3.8, 4) is 5.75 Å². The zero-order valence-corrected chi connectivity index (χ0v) is 15.2. The molecule has 0 bridgehead atoms. The molecule has 0 radical (unpaired) electrons. The number of aryl methyl sites for hydroxylation is 2. The van der Waals surface area contributed by atoms with E-state index in [9.17, 15) is 4.79 Å². The first-order valence-electron chi connectivity index (χ1n) is 8.28. The Morgan fingerprint density at radius 3 is 2.61 bits per heavy atom. The van der Waals surface area contributed by atoms with Gasteiger partial charge in [0.15, 0.2) is 6.61 Å². The van der Waals surface area contributed by atoms with Crippen molar-refractivity contribution in [2.45, 2.75) is 33.6 Å². The number of benzene rings is 1. The summed E-state index contributed by atoms with van der Waals surface area (Å²) in [5.74, 6) is 1.60. The largest absolute Gasteiger partial charge is 0.484 e. The van der Waals surface area contributed by atoms with Crippen LogP contribution in [0.15, 0.2) is 18.2 Å². The summed E-state index contributed by atoms with van der Waals surface area (Å²) in [7, 11) is 0. The van der Waals surface area contributed by atoms with Crippen molar-refractivity contribution < 1.29 is 9.53 Å². The molecule has 23 heavy (non-hydrogen) atoms. The highest BCUT2D eigenvalue weighted by molar-refractivity contribution is 5.85. The number of hydrogen-bond donors (Lipinski definition) is 1. The van der Waals surface area contributed by atoms with Crippen molar-refractivity contribution in [2.24, 2.45) is 5.92 Å². The van der Waals surface area contributed by atoms with Crippen molar-refractivity contribution in [3.63, 3.8) is 0 Å². The molecule has 1 fully saturated rings. The third-order valence-corrected chi connectivity index (χ3v) is 4.33. The Morgan fingerprint density at radius 1 is 1.30 bits per heavy atom. The van der Waals surface area contributed by atoms with E-state index in [-0.39, 0.29) is 24.9 Å². The molecule has 1 aliphatic heterocycles. The first-order chi connectivity index (χ1) is 10.6. The van der Waals surface area contributed by atoms with Gasteiger partial charge in [-0.2, -0.15) is 0 Å². The van der Waals surface area contributed by atoms with E-state index in [1.807, 2.05) is 24.0 Å². The highest BCUT2D eigenvalue weighted by Gasteiger charge is 2.22. The summed E-state index contributed by atoms with van der Waals surface area (Å²) in [4.78, 5) is 14.2. The molecule has 0 unspecified atom stereocenters. The standard InChI is InChI=1S/C18H28N2O2.ClH/c1-4-19-12-16-7-9-20(10-8-16)18(21)13-22-17-6-5-14(2)11-15(17)3;/h5-6,11,16,19H,4,7-10,12-13H2,1-3H3;1H. The molecule has 130 valence electrons. The lowest BCUT2D eigenvalue weighted by Crippen LogP contribution is -2.42. The lowest BCUT2D eigenvalue weighted by molar-refractivity contribution is -0.134. The molecule has 2 rings (SSSR count). The van der Waals surface area contributed by atoms with Crippen LogP contribution in [0.2, 0.25) is 0 Å². The first kappa shape index (κ1) is 19.8. The van der Waals surface area contributed by atoms with Crippen molar-refractivity contribution in [2.75, 3.05) is 32.8 Å². The van der Waals surface area contributed by atoms with Crippen LogP contribution in [-0.4, -0.2) is 43.6 Å². The molecule has 0 aromatic heterocycles. The second kappa shape index (κ2) is 9.78. The van der Waals surface area contributed by atoms with Crippen LogP contribution in [0.3, 0.4) is 0 Å². The summed E-state index contributed by atoms with van der Waals surface area (Å²) in [6, 6.07) is 6.03. The smallest absolute Gasteiger partial charge is 0.260 e. The maximum atomic E-state index is 12.3. The fraction of sp³-hybridized carbons (Fsp3) is 0.611. The minimum absolute atomic E-state index is 0. The normalized spacial score (nSPS) is 15.2. The SMILES string of the molecule is CCNCC1CCN(C(=O)COc2ccc(C)cc2C)CC1.Cl. The second-order valence-electron chi connectivity index (χ2n) is 6.19. The van der Waals surface area contributed by atoms with Gasteiger partial charge in [-0.05, 0) is 57.3 Å². The Morgan fingerprint density at radius 2 is 2.00 bits per heavy atom. The quantitative estimate of drug-likeness (QED) is 0.865. The number of nitrogens with one attached hydrogen (secondary N) is 1. The number of hydrogen-bond acceptors (Lipinski definition) is 3. The summed E-state index contributed by atoms with van der Waals surface area (Å²) in [6.45, 7) is 10.1. The van der Waals surface area contributed by atoms with E-state index in [0.717, 1.165) is 50.3 Å². The summed E-state index contributed by atoms with van der Waals surface area (Å²) in [6.07, 6.45) is 2.17. The first-order valence-corrected chi connectivity index (χ1v) is 8.28. The summed E-state index contributed by atoms with van der Waals surface area (Å²) in [5, 5.41) is 3.39. The number of amides is 1. The van der Waals surface area contributed by atoms with Gasteiger partial charge in [-0.15, -0.1) is 12.4 Å². The van der Waals surface area contributed by atoms with Crippen LogP contribution in [0.5, 0.6) is 5.75 Å². The molecule has 1 aliphatic rings. The molecule has 1 aromatic rings. The number of rotatable bonds is 6. The minimum atomic E-state index is 0. The molecule has 0 saturated carbocycles. The zero-order chi connectivity index (χ0) is 15.9. The Balaban J connectivity index is 0.00000264. The number of likely N-dealkylation sites (tertiary alicyclic amines) is 1. The van der Waals surface area contributed by atoms with Crippen LogP contribution in [0, 0.1) is 19.8 Å². The van der Waals surface area contributed by atoms with E-state index in [1.54, 1.807) is 0 Å². The fourth-order valence-electron chi connectivity index (χ4n) is 2.93. The topological polar surface area (TPSA) is 41.6 Å². The molecule has 1 N–H and O–H groups in total. The summed E-state index contributed by atoms with van der Waals surface area (Å²) in [5.41, 5.74) is 2.29. The van der Waals surface area contributed by atoms with E-state index in [2.05, 4.69) is 25.2 Å².